The number of allylic oxidation sites excluding steroid dienone is 4. The van der Waals surface area contributed by atoms with Crippen LogP contribution >= 0.6 is 7.82 Å². The molecule has 2 atom stereocenters. The quantitative estimate of drug-likeness (QED) is 0.0195. The van der Waals surface area contributed by atoms with Gasteiger partial charge in [0.2, 0.25) is 0 Å². The highest BCUT2D eigenvalue weighted by Crippen LogP contribution is 2.38. The van der Waals surface area contributed by atoms with E-state index in [-0.39, 0.29) is 32.0 Å². The Bertz CT molecular complexity index is 1120. The van der Waals surface area contributed by atoms with Gasteiger partial charge in [-0.15, -0.1) is 0 Å². The summed E-state index contributed by atoms with van der Waals surface area (Å²) in [6, 6.07) is 0. The zero-order valence-electron chi connectivity index (χ0n) is 42.0. The molecule has 0 radical (unpaired) electrons. The summed E-state index contributed by atoms with van der Waals surface area (Å²) in [6.45, 7) is 4.24. The number of carbonyl (C=O) groups excluding carboxylic acids is 2. The molecule has 0 saturated heterocycles. The number of hydrogen-bond donors (Lipinski definition) is 0. The number of likely N-dealkylation sites (N-methyl/N-ethyl adjacent to an activating group) is 1. The molecule has 0 bridgehead atoms. The highest BCUT2D eigenvalue weighted by Gasteiger charge is 2.21. The average molecular weight is 912 g/mol. The maximum absolute atomic E-state index is 12.7. The van der Waals surface area contributed by atoms with Crippen LogP contribution in [0.4, 0.5) is 0 Å². The number of nitrogens with zero attached hydrogens (tertiary/aromatic N) is 1. The van der Waals surface area contributed by atoms with Crippen LogP contribution in [-0.4, -0.2) is 70.0 Å². The lowest BCUT2D eigenvalue weighted by molar-refractivity contribution is -0.870. The summed E-state index contributed by atoms with van der Waals surface area (Å²) in [5.41, 5.74) is 0. The van der Waals surface area contributed by atoms with Gasteiger partial charge in [-0.1, -0.05) is 218 Å². The Morgan fingerprint density at radius 1 is 0.492 bits per heavy atom. The van der Waals surface area contributed by atoms with E-state index in [4.69, 9.17) is 18.5 Å². The van der Waals surface area contributed by atoms with Gasteiger partial charge in [0.15, 0.2) is 6.10 Å². The smallest absolute Gasteiger partial charge is 0.306 e. The van der Waals surface area contributed by atoms with Gasteiger partial charge in [-0.25, -0.2) is 0 Å². The average Bonchev–Trinajstić information content (AvgIpc) is 3.24. The third-order valence-corrected chi connectivity index (χ3v) is 12.7. The predicted octanol–water partition coefficient (Wildman–Crippen LogP) is 15.2. The molecule has 63 heavy (non-hydrogen) atoms. The number of hydrogen-bond acceptors (Lipinski definition) is 8. The summed E-state index contributed by atoms with van der Waals surface area (Å²) >= 11 is 0. The van der Waals surface area contributed by atoms with Crippen LogP contribution in [-0.2, 0) is 32.7 Å². The summed E-state index contributed by atoms with van der Waals surface area (Å²) in [6.07, 6.45) is 52.1. The van der Waals surface area contributed by atoms with Crippen LogP contribution in [0, 0.1) is 0 Å². The number of phosphoric ester groups is 1. The fourth-order valence-corrected chi connectivity index (χ4v) is 8.30. The standard InChI is InChI=1S/C53H102NO8P/c1-6-8-10-12-14-16-18-20-22-24-25-26-27-28-29-30-32-33-35-37-39-41-43-45-52(55)59-49-51(50-61-63(57,58)60-48-47-54(3,4)5)62-53(56)46-44-42-40-38-36-34-31-23-21-19-17-15-13-11-9-7-2/h17,19,23,31,51H,6-16,18,20-22,24-30,32-50H2,1-5H3/b19-17-,31-23-. The Morgan fingerprint density at radius 2 is 0.857 bits per heavy atom. The molecule has 9 nitrogen and oxygen atoms in total. The molecule has 0 amide bonds. The molecule has 0 aliphatic rings. The van der Waals surface area contributed by atoms with E-state index in [1.807, 2.05) is 21.1 Å². The zero-order chi connectivity index (χ0) is 46.4. The molecule has 0 spiro atoms. The Morgan fingerprint density at radius 3 is 1.27 bits per heavy atom. The SMILES string of the molecule is CCCCCC/C=C\C/C=C\CCCCCCCC(=O)OC(COC(=O)CCCCCCCCCCCCCCCCCCCCCCCCC)COP(=O)([O-])OCC[N+](C)(C)C. The van der Waals surface area contributed by atoms with E-state index in [0.717, 1.165) is 57.8 Å². The second kappa shape index (κ2) is 45.6. The van der Waals surface area contributed by atoms with Gasteiger partial charge in [0.25, 0.3) is 7.82 Å². The third-order valence-electron chi connectivity index (χ3n) is 11.7. The van der Waals surface area contributed by atoms with Crippen LogP contribution in [0.5, 0.6) is 0 Å². The molecule has 0 aromatic rings. The van der Waals surface area contributed by atoms with Crippen LogP contribution in [0.2, 0.25) is 0 Å². The molecule has 0 aromatic carbocycles. The molecule has 0 aliphatic carbocycles. The minimum atomic E-state index is -4.63. The number of rotatable bonds is 49. The molecule has 372 valence electrons. The van der Waals surface area contributed by atoms with Gasteiger partial charge in [0, 0.05) is 12.8 Å². The summed E-state index contributed by atoms with van der Waals surface area (Å²) in [7, 11) is 1.17. The monoisotopic (exact) mass is 912 g/mol. The number of esters is 2. The first-order valence-electron chi connectivity index (χ1n) is 26.5. The fourth-order valence-electron chi connectivity index (χ4n) is 7.57. The molecule has 0 N–H and O–H groups in total. The first kappa shape index (κ1) is 61.5. The van der Waals surface area contributed by atoms with Crippen molar-refractivity contribution in [3.05, 3.63) is 24.3 Å². The van der Waals surface area contributed by atoms with E-state index < -0.39 is 26.5 Å². The highest BCUT2D eigenvalue weighted by atomic mass is 31.2. The molecule has 0 aliphatic heterocycles. The van der Waals surface area contributed by atoms with Crippen LogP contribution in [0.25, 0.3) is 0 Å². The summed E-state index contributed by atoms with van der Waals surface area (Å²) in [4.78, 5) is 37.7. The Labute approximate surface area is 389 Å². The van der Waals surface area contributed by atoms with E-state index in [1.54, 1.807) is 0 Å². The van der Waals surface area contributed by atoms with Crippen molar-refractivity contribution >= 4 is 19.8 Å². The van der Waals surface area contributed by atoms with Crippen molar-refractivity contribution in [2.24, 2.45) is 0 Å². The van der Waals surface area contributed by atoms with Gasteiger partial charge in [-0.2, -0.15) is 0 Å². The largest absolute Gasteiger partial charge is 0.756 e. The number of ether oxygens (including phenoxy) is 2. The van der Waals surface area contributed by atoms with Gasteiger partial charge in [0.1, 0.15) is 19.8 Å². The van der Waals surface area contributed by atoms with E-state index in [0.29, 0.717) is 17.4 Å². The molecule has 0 heterocycles. The summed E-state index contributed by atoms with van der Waals surface area (Å²) in [5, 5.41) is 0. The van der Waals surface area contributed by atoms with E-state index in [2.05, 4.69) is 38.2 Å². The Kier molecular flexibility index (Phi) is 44.5. The molecular formula is C53H102NO8P. The van der Waals surface area contributed by atoms with E-state index in [1.165, 1.54) is 161 Å². The molecule has 0 saturated carbocycles. The first-order valence-corrected chi connectivity index (χ1v) is 28.0. The van der Waals surface area contributed by atoms with Gasteiger partial charge in [-0.05, 0) is 44.9 Å². The van der Waals surface area contributed by atoms with Crippen LogP contribution in [0.1, 0.15) is 251 Å². The van der Waals surface area contributed by atoms with E-state index in [9.17, 15) is 19.0 Å². The maximum atomic E-state index is 12.7. The third kappa shape index (κ3) is 49.8. The normalized spacial score (nSPS) is 13.6. The van der Waals surface area contributed by atoms with Crippen molar-refractivity contribution < 1.29 is 42.1 Å². The lowest BCUT2D eigenvalue weighted by atomic mass is 10.0. The summed E-state index contributed by atoms with van der Waals surface area (Å²) < 4.78 is 34.0. The Balaban J connectivity index is 4.18. The predicted molar refractivity (Wildman–Crippen MR) is 264 cm³/mol. The van der Waals surface area contributed by atoms with Crippen LogP contribution in [0.15, 0.2) is 24.3 Å². The van der Waals surface area contributed by atoms with Crippen molar-refractivity contribution in [2.45, 2.75) is 258 Å². The van der Waals surface area contributed by atoms with Crippen LogP contribution < -0.4 is 4.89 Å². The highest BCUT2D eigenvalue weighted by molar-refractivity contribution is 7.45. The minimum Gasteiger partial charge on any atom is -0.756 e. The second-order valence-electron chi connectivity index (χ2n) is 19.2. The maximum Gasteiger partial charge on any atom is 0.306 e. The zero-order valence-corrected chi connectivity index (χ0v) is 42.9. The van der Waals surface area contributed by atoms with Gasteiger partial charge < -0.3 is 27.9 Å². The Hall–Kier alpha value is -1.51. The molecule has 0 fully saturated rings. The van der Waals surface area contributed by atoms with Crippen molar-refractivity contribution in [3.8, 4) is 0 Å². The molecule has 10 heteroatoms. The number of quaternary nitrogens is 1. The lowest BCUT2D eigenvalue weighted by Gasteiger charge is -2.28. The van der Waals surface area contributed by atoms with Crippen molar-refractivity contribution in [3.63, 3.8) is 0 Å². The van der Waals surface area contributed by atoms with Gasteiger partial charge in [0.05, 0.1) is 27.7 Å². The number of phosphoric acid groups is 1. The number of carbonyl (C=O) groups is 2. The van der Waals surface area contributed by atoms with Crippen molar-refractivity contribution in [2.75, 3.05) is 47.5 Å². The minimum absolute atomic E-state index is 0.0316. The van der Waals surface area contributed by atoms with Crippen molar-refractivity contribution in [1.29, 1.82) is 0 Å². The van der Waals surface area contributed by atoms with Gasteiger partial charge in [-0.3, -0.25) is 14.2 Å². The fraction of sp³-hybridized carbons (Fsp3) is 0.887. The lowest BCUT2D eigenvalue weighted by Crippen LogP contribution is -2.37. The molecular weight excluding hydrogens is 810 g/mol. The van der Waals surface area contributed by atoms with Gasteiger partial charge >= 0.3 is 11.9 Å². The van der Waals surface area contributed by atoms with E-state index >= 15 is 0 Å². The van der Waals surface area contributed by atoms with Crippen LogP contribution in [0.3, 0.4) is 0 Å². The molecule has 2 unspecified atom stereocenters. The molecule has 0 aromatic heterocycles. The number of unbranched alkanes of at least 4 members (excludes halogenated alkanes) is 31. The molecule has 0 rings (SSSR count). The topological polar surface area (TPSA) is 111 Å². The summed E-state index contributed by atoms with van der Waals surface area (Å²) in [5.74, 6) is -0.837. The first-order chi connectivity index (χ1) is 30.5. The van der Waals surface area contributed by atoms with Crippen molar-refractivity contribution in [1.82, 2.24) is 0 Å². The second-order valence-corrected chi connectivity index (χ2v) is 20.7.